The van der Waals surface area contributed by atoms with Crippen molar-refractivity contribution < 1.29 is 0 Å². The van der Waals surface area contributed by atoms with E-state index in [0.29, 0.717) is 0 Å². The quantitative estimate of drug-likeness (QED) is 0.778. The molecule has 3 rings (SSSR count). The fourth-order valence-electron chi connectivity index (χ4n) is 3.98. The molecule has 92 valence electrons. The van der Waals surface area contributed by atoms with Crippen LogP contribution in [0.5, 0.6) is 0 Å². The molecule has 3 atom stereocenters. The number of benzene rings is 1. The molecule has 2 fully saturated rings. The molecule has 1 nitrogen and oxygen atoms in total. The first kappa shape index (κ1) is 11.3. The van der Waals surface area contributed by atoms with Gasteiger partial charge in [-0.1, -0.05) is 56.0 Å². The van der Waals surface area contributed by atoms with Gasteiger partial charge >= 0.3 is 0 Å². The zero-order valence-corrected chi connectivity index (χ0v) is 10.6. The fourth-order valence-corrected chi connectivity index (χ4v) is 3.98. The van der Waals surface area contributed by atoms with Gasteiger partial charge in [0.25, 0.3) is 0 Å². The van der Waals surface area contributed by atoms with Crippen LogP contribution in [0.15, 0.2) is 30.3 Å². The summed E-state index contributed by atoms with van der Waals surface area (Å²) in [6.45, 7) is 0. The maximum absolute atomic E-state index is 6.69. The van der Waals surface area contributed by atoms with Crippen LogP contribution in [0.3, 0.4) is 0 Å². The van der Waals surface area contributed by atoms with Crippen LogP contribution in [0.2, 0.25) is 0 Å². The summed E-state index contributed by atoms with van der Waals surface area (Å²) in [6, 6.07) is 10.7. The molecule has 17 heavy (non-hydrogen) atoms. The normalized spacial score (nSPS) is 37.5. The molecule has 2 aliphatic carbocycles. The van der Waals surface area contributed by atoms with Crippen LogP contribution in [-0.4, -0.2) is 0 Å². The predicted octanol–water partition coefficient (Wildman–Crippen LogP) is 3.83. The molecule has 1 aromatic rings. The minimum atomic E-state index is -0.0419. The lowest BCUT2D eigenvalue weighted by molar-refractivity contribution is 0.110. The highest BCUT2D eigenvalue weighted by atomic mass is 14.8. The van der Waals surface area contributed by atoms with Gasteiger partial charge in [-0.25, -0.2) is 0 Å². The zero-order chi connectivity index (χ0) is 11.7. The number of hydrogen-bond acceptors (Lipinski definition) is 1. The van der Waals surface area contributed by atoms with E-state index in [-0.39, 0.29) is 5.54 Å². The molecular weight excluding hydrogens is 206 g/mol. The Morgan fingerprint density at radius 3 is 2.41 bits per heavy atom. The molecule has 1 heteroatoms. The van der Waals surface area contributed by atoms with E-state index in [1.54, 1.807) is 0 Å². The van der Waals surface area contributed by atoms with E-state index in [4.69, 9.17) is 5.73 Å². The fraction of sp³-hybridized carbons (Fsp3) is 0.625. The van der Waals surface area contributed by atoms with Gasteiger partial charge in [0.2, 0.25) is 0 Å². The van der Waals surface area contributed by atoms with Crippen molar-refractivity contribution in [3.05, 3.63) is 35.9 Å². The summed E-state index contributed by atoms with van der Waals surface area (Å²) in [5.41, 5.74) is 8.00. The monoisotopic (exact) mass is 229 g/mol. The van der Waals surface area contributed by atoms with E-state index >= 15 is 0 Å². The van der Waals surface area contributed by atoms with E-state index in [0.717, 1.165) is 11.8 Å². The Hall–Kier alpha value is -0.820. The van der Waals surface area contributed by atoms with E-state index in [2.05, 4.69) is 30.3 Å². The Labute approximate surface area is 104 Å². The highest BCUT2D eigenvalue weighted by Gasteiger charge is 2.39. The molecule has 0 saturated heterocycles. The van der Waals surface area contributed by atoms with Crippen molar-refractivity contribution in [3.8, 4) is 0 Å². The average molecular weight is 229 g/mol. The maximum atomic E-state index is 6.69. The molecule has 0 aliphatic heterocycles. The first-order valence-corrected chi connectivity index (χ1v) is 7.12. The topological polar surface area (TPSA) is 26.0 Å². The van der Waals surface area contributed by atoms with Crippen LogP contribution < -0.4 is 5.73 Å². The van der Waals surface area contributed by atoms with Gasteiger partial charge < -0.3 is 5.73 Å². The molecule has 2 N–H and O–H groups in total. The average Bonchev–Trinajstić information content (AvgIpc) is 2.40. The zero-order valence-electron chi connectivity index (χ0n) is 10.6. The molecule has 0 bridgehead atoms. The van der Waals surface area contributed by atoms with Crippen molar-refractivity contribution in [1.82, 2.24) is 0 Å². The molecule has 2 aliphatic rings. The number of rotatable bonds is 1. The molecule has 0 radical (unpaired) electrons. The van der Waals surface area contributed by atoms with Gasteiger partial charge in [-0.15, -0.1) is 0 Å². The smallest absolute Gasteiger partial charge is 0.0412 e. The SMILES string of the molecule is NC1(c2ccccc2)CC[C@@H]2CCCC[C@@H]2C1. The van der Waals surface area contributed by atoms with Gasteiger partial charge in [0, 0.05) is 5.54 Å². The maximum Gasteiger partial charge on any atom is 0.0412 e. The first-order valence-electron chi connectivity index (χ1n) is 7.12. The lowest BCUT2D eigenvalue weighted by atomic mass is 9.63. The summed E-state index contributed by atoms with van der Waals surface area (Å²) < 4.78 is 0. The molecular formula is C16H23N. The van der Waals surface area contributed by atoms with Gasteiger partial charge in [-0.2, -0.15) is 0 Å². The Balaban J connectivity index is 1.80. The van der Waals surface area contributed by atoms with Crippen LogP contribution in [0, 0.1) is 11.8 Å². The molecule has 0 heterocycles. The van der Waals surface area contributed by atoms with Crippen LogP contribution in [-0.2, 0) is 5.54 Å². The van der Waals surface area contributed by atoms with Gasteiger partial charge in [0.1, 0.15) is 0 Å². The van der Waals surface area contributed by atoms with E-state index in [1.165, 1.54) is 50.5 Å². The van der Waals surface area contributed by atoms with E-state index in [1.807, 2.05) is 0 Å². The summed E-state index contributed by atoms with van der Waals surface area (Å²) in [7, 11) is 0. The third-order valence-electron chi connectivity index (χ3n) is 5.00. The minimum absolute atomic E-state index is 0.0419. The third kappa shape index (κ3) is 2.13. The highest BCUT2D eigenvalue weighted by molar-refractivity contribution is 5.25. The Morgan fingerprint density at radius 2 is 1.65 bits per heavy atom. The highest BCUT2D eigenvalue weighted by Crippen LogP contribution is 2.46. The summed E-state index contributed by atoms with van der Waals surface area (Å²) >= 11 is 0. The molecule has 0 aromatic heterocycles. The first-order chi connectivity index (χ1) is 8.28. The Bertz CT molecular complexity index is 372. The number of fused-ring (bicyclic) bond motifs is 1. The lowest BCUT2D eigenvalue weighted by Crippen LogP contribution is -2.45. The van der Waals surface area contributed by atoms with Crippen LogP contribution in [0.25, 0.3) is 0 Å². The largest absolute Gasteiger partial charge is 0.321 e. The van der Waals surface area contributed by atoms with Gasteiger partial charge in [0.05, 0.1) is 0 Å². The summed E-state index contributed by atoms with van der Waals surface area (Å²) in [5.74, 6) is 1.87. The second-order valence-corrected chi connectivity index (χ2v) is 6.07. The van der Waals surface area contributed by atoms with Gasteiger partial charge in [-0.3, -0.25) is 0 Å². The van der Waals surface area contributed by atoms with Crippen molar-refractivity contribution in [2.24, 2.45) is 17.6 Å². The Morgan fingerprint density at radius 1 is 0.941 bits per heavy atom. The third-order valence-corrected chi connectivity index (χ3v) is 5.00. The van der Waals surface area contributed by atoms with Crippen LogP contribution in [0.4, 0.5) is 0 Å². The van der Waals surface area contributed by atoms with Crippen molar-refractivity contribution in [1.29, 1.82) is 0 Å². The second-order valence-electron chi connectivity index (χ2n) is 6.07. The molecule has 0 amide bonds. The van der Waals surface area contributed by atoms with Gasteiger partial charge in [-0.05, 0) is 36.7 Å². The lowest BCUT2D eigenvalue weighted by Gasteiger charge is -2.45. The van der Waals surface area contributed by atoms with Gasteiger partial charge in [0.15, 0.2) is 0 Å². The summed E-state index contributed by atoms with van der Waals surface area (Å²) in [6.07, 6.45) is 9.47. The molecule has 0 spiro atoms. The minimum Gasteiger partial charge on any atom is -0.321 e. The second kappa shape index (κ2) is 4.45. The van der Waals surface area contributed by atoms with Crippen molar-refractivity contribution in [2.75, 3.05) is 0 Å². The van der Waals surface area contributed by atoms with Crippen LogP contribution >= 0.6 is 0 Å². The summed E-state index contributed by atoms with van der Waals surface area (Å²) in [4.78, 5) is 0. The number of hydrogen-bond donors (Lipinski definition) is 1. The standard InChI is InChI=1S/C16H23N/c17-16(15-8-2-1-3-9-15)11-10-13-6-4-5-7-14(13)12-16/h1-3,8-9,13-14H,4-7,10-12,17H2/t13-,14+,16?/m0/s1. The van der Waals surface area contributed by atoms with Crippen LogP contribution in [0.1, 0.15) is 50.5 Å². The molecule has 1 unspecified atom stereocenters. The van der Waals surface area contributed by atoms with Crippen molar-refractivity contribution in [3.63, 3.8) is 0 Å². The van der Waals surface area contributed by atoms with Crippen molar-refractivity contribution in [2.45, 2.75) is 50.5 Å². The van der Waals surface area contributed by atoms with E-state index < -0.39 is 0 Å². The number of nitrogens with two attached hydrogens (primary N) is 1. The Kier molecular flexibility index (Phi) is 2.96. The van der Waals surface area contributed by atoms with Crippen molar-refractivity contribution >= 4 is 0 Å². The molecule has 2 saturated carbocycles. The van der Waals surface area contributed by atoms with E-state index in [9.17, 15) is 0 Å². The predicted molar refractivity (Wildman–Crippen MR) is 71.6 cm³/mol. The summed E-state index contributed by atoms with van der Waals surface area (Å²) in [5, 5.41) is 0. The molecule has 1 aromatic carbocycles.